The van der Waals surface area contributed by atoms with Gasteiger partial charge < -0.3 is 19.9 Å². The Morgan fingerprint density at radius 2 is 2.00 bits per heavy atom. The predicted octanol–water partition coefficient (Wildman–Crippen LogP) is 2.22. The average Bonchev–Trinajstić information content (AvgIpc) is 3.22. The van der Waals surface area contributed by atoms with Gasteiger partial charge in [-0.15, -0.1) is 10.2 Å². The summed E-state index contributed by atoms with van der Waals surface area (Å²) in [5, 5.41) is 14.6. The topological polar surface area (TPSA) is 120 Å². The van der Waals surface area contributed by atoms with Crippen LogP contribution in [0.3, 0.4) is 0 Å². The number of ether oxygens (including phenoxy) is 1. The second-order valence-electron chi connectivity index (χ2n) is 6.90. The van der Waals surface area contributed by atoms with Crippen LogP contribution in [-0.4, -0.2) is 42.7 Å². The Balaban J connectivity index is 1.37. The van der Waals surface area contributed by atoms with Gasteiger partial charge in [-0.3, -0.25) is 9.78 Å². The minimum absolute atomic E-state index is 0.184. The highest BCUT2D eigenvalue weighted by atomic mass is 16.5. The van der Waals surface area contributed by atoms with Crippen LogP contribution in [0.4, 0.5) is 5.69 Å². The summed E-state index contributed by atoms with van der Waals surface area (Å²) in [7, 11) is 3.46. The Hall–Kier alpha value is -4.34. The Morgan fingerprint density at radius 1 is 1.09 bits per heavy atom. The number of carbonyl (C=O) groups excluding carboxylic acids is 1. The molecule has 1 amide bonds. The third-order valence-corrected chi connectivity index (χ3v) is 4.81. The molecule has 0 aliphatic heterocycles. The number of pyridine rings is 1. The number of hydrogen-bond donors (Lipinski definition) is 2. The van der Waals surface area contributed by atoms with Crippen molar-refractivity contribution in [2.24, 2.45) is 7.05 Å². The number of carbonyl (C=O) groups is 1. The SMILES string of the molecule is COc1ccc(CNC(=O)c2cccc(NCc3nnc(-c4ccncn4)n3C)c2)nc1. The molecule has 0 aliphatic rings. The lowest BCUT2D eigenvalue weighted by molar-refractivity contribution is 0.0950. The maximum absolute atomic E-state index is 12.6. The Bertz CT molecular complexity index is 1190. The maximum atomic E-state index is 12.6. The second kappa shape index (κ2) is 9.65. The van der Waals surface area contributed by atoms with Crippen LogP contribution in [0.2, 0.25) is 0 Å². The lowest BCUT2D eigenvalue weighted by Gasteiger charge is -2.09. The summed E-state index contributed by atoms with van der Waals surface area (Å²) in [5.74, 6) is 1.88. The number of hydrogen-bond acceptors (Lipinski definition) is 8. The van der Waals surface area contributed by atoms with Crippen LogP contribution in [-0.2, 0) is 20.1 Å². The molecule has 3 heterocycles. The molecular weight excluding hydrogens is 408 g/mol. The van der Waals surface area contributed by atoms with Gasteiger partial charge in [0.2, 0.25) is 0 Å². The fraction of sp³-hybridized carbons (Fsp3) is 0.182. The molecule has 1 aromatic carbocycles. The van der Waals surface area contributed by atoms with E-state index in [0.717, 1.165) is 17.2 Å². The summed E-state index contributed by atoms with van der Waals surface area (Å²) in [4.78, 5) is 24.9. The first-order valence-corrected chi connectivity index (χ1v) is 9.90. The van der Waals surface area contributed by atoms with Gasteiger partial charge in [-0.1, -0.05) is 6.07 Å². The van der Waals surface area contributed by atoms with E-state index in [1.54, 1.807) is 37.7 Å². The van der Waals surface area contributed by atoms with E-state index in [1.807, 2.05) is 35.9 Å². The fourth-order valence-corrected chi connectivity index (χ4v) is 3.02. The summed E-state index contributed by atoms with van der Waals surface area (Å²) in [6, 6.07) is 12.7. The zero-order valence-electron chi connectivity index (χ0n) is 17.7. The van der Waals surface area contributed by atoms with Crippen LogP contribution in [0.5, 0.6) is 5.75 Å². The zero-order valence-corrected chi connectivity index (χ0v) is 17.7. The van der Waals surface area contributed by atoms with Crippen LogP contribution < -0.4 is 15.4 Å². The largest absolute Gasteiger partial charge is 0.495 e. The number of amides is 1. The lowest BCUT2D eigenvalue weighted by atomic mass is 10.2. The molecule has 0 aliphatic carbocycles. The van der Waals surface area contributed by atoms with Crippen molar-refractivity contribution in [3.63, 3.8) is 0 Å². The molecule has 0 fully saturated rings. The van der Waals surface area contributed by atoms with Crippen molar-refractivity contribution in [3.8, 4) is 17.3 Å². The molecule has 0 saturated carbocycles. The van der Waals surface area contributed by atoms with Crippen LogP contribution >= 0.6 is 0 Å². The van der Waals surface area contributed by atoms with Crippen molar-refractivity contribution >= 4 is 11.6 Å². The molecule has 10 nitrogen and oxygen atoms in total. The van der Waals surface area contributed by atoms with Crippen molar-refractivity contribution in [3.05, 3.63) is 78.3 Å². The Labute approximate surface area is 184 Å². The van der Waals surface area contributed by atoms with Crippen LogP contribution in [0.15, 0.2) is 61.2 Å². The molecule has 0 radical (unpaired) electrons. The minimum atomic E-state index is -0.184. The van der Waals surface area contributed by atoms with Crippen LogP contribution in [0.25, 0.3) is 11.5 Å². The normalized spacial score (nSPS) is 10.6. The fourth-order valence-electron chi connectivity index (χ4n) is 3.02. The molecule has 4 rings (SSSR count). The predicted molar refractivity (Wildman–Crippen MR) is 118 cm³/mol. The number of benzene rings is 1. The standard InChI is InChI=1S/C22H22N8O2/c1-30-20(28-29-21(30)19-8-9-23-14-27-19)13-25-16-5-3-4-15(10-16)22(31)26-11-17-6-7-18(32-2)12-24-17/h3-10,12,14,25H,11,13H2,1-2H3,(H,26,31). The van der Waals surface area contributed by atoms with Gasteiger partial charge in [0.1, 0.15) is 17.8 Å². The summed E-state index contributed by atoms with van der Waals surface area (Å²) in [5.41, 5.74) is 2.79. The number of anilines is 1. The number of nitrogens with zero attached hydrogens (tertiary/aromatic N) is 6. The first-order chi connectivity index (χ1) is 15.6. The monoisotopic (exact) mass is 430 g/mol. The number of rotatable bonds is 8. The van der Waals surface area contributed by atoms with Crippen LogP contribution in [0, 0.1) is 0 Å². The highest BCUT2D eigenvalue weighted by Gasteiger charge is 2.12. The molecule has 0 unspecified atom stereocenters. The molecule has 3 aromatic heterocycles. The van der Waals surface area contributed by atoms with E-state index >= 15 is 0 Å². The highest BCUT2D eigenvalue weighted by Crippen LogP contribution is 2.16. The lowest BCUT2D eigenvalue weighted by Crippen LogP contribution is -2.23. The molecule has 0 spiro atoms. The van der Waals surface area contributed by atoms with E-state index in [2.05, 4.69) is 35.8 Å². The Kier molecular flexibility index (Phi) is 6.30. The summed E-state index contributed by atoms with van der Waals surface area (Å²) in [6.07, 6.45) is 4.76. The van der Waals surface area contributed by atoms with E-state index in [9.17, 15) is 4.79 Å². The van der Waals surface area contributed by atoms with E-state index in [1.165, 1.54) is 6.33 Å². The number of aromatic nitrogens is 6. The van der Waals surface area contributed by atoms with Crippen molar-refractivity contribution in [2.45, 2.75) is 13.1 Å². The molecular formula is C22H22N8O2. The van der Waals surface area contributed by atoms with Gasteiger partial charge in [-0.25, -0.2) is 9.97 Å². The van der Waals surface area contributed by atoms with Gasteiger partial charge in [0.15, 0.2) is 11.6 Å². The number of methoxy groups -OCH3 is 1. The zero-order chi connectivity index (χ0) is 22.3. The summed E-state index contributed by atoms with van der Waals surface area (Å²) >= 11 is 0. The first-order valence-electron chi connectivity index (χ1n) is 9.90. The van der Waals surface area contributed by atoms with E-state index in [4.69, 9.17) is 4.74 Å². The summed E-state index contributed by atoms with van der Waals surface area (Å²) in [6.45, 7) is 0.765. The second-order valence-corrected chi connectivity index (χ2v) is 6.90. The third kappa shape index (κ3) is 4.86. The highest BCUT2D eigenvalue weighted by molar-refractivity contribution is 5.95. The van der Waals surface area contributed by atoms with Gasteiger partial charge >= 0.3 is 0 Å². The quantitative estimate of drug-likeness (QED) is 0.437. The van der Waals surface area contributed by atoms with Gasteiger partial charge in [0, 0.05) is 24.5 Å². The summed E-state index contributed by atoms with van der Waals surface area (Å²) < 4.78 is 6.96. The van der Waals surface area contributed by atoms with Crippen molar-refractivity contribution in [1.82, 2.24) is 35.0 Å². The van der Waals surface area contributed by atoms with Crippen molar-refractivity contribution < 1.29 is 9.53 Å². The maximum Gasteiger partial charge on any atom is 0.251 e. The molecule has 4 aromatic rings. The minimum Gasteiger partial charge on any atom is -0.495 e. The van der Waals surface area contributed by atoms with Crippen molar-refractivity contribution in [2.75, 3.05) is 12.4 Å². The molecule has 10 heteroatoms. The van der Waals surface area contributed by atoms with E-state index < -0.39 is 0 Å². The average molecular weight is 430 g/mol. The smallest absolute Gasteiger partial charge is 0.251 e. The molecule has 0 atom stereocenters. The van der Waals surface area contributed by atoms with E-state index in [0.29, 0.717) is 35.9 Å². The number of nitrogens with one attached hydrogen (secondary N) is 2. The van der Waals surface area contributed by atoms with Gasteiger partial charge in [-0.05, 0) is 36.4 Å². The molecule has 162 valence electrons. The molecule has 0 saturated heterocycles. The van der Waals surface area contributed by atoms with Crippen molar-refractivity contribution in [1.29, 1.82) is 0 Å². The Morgan fingerprint density at radius 3 is 2.75 bits per heavy atom. The third-order valence-electron chi connectivity index (χ3n) is 4.81. The molecule has 0 bridgehead atoms. The molecule has 2 N–H and O–H groups in total. The van der Waals surface area contributed by atoms with Crippen LogP contribution in [0.1, 0.15) is 21.9 Å². The van der Waals surface area contributed by atoms with Gasteiger partial charge in [0.25, 0.3) is 5.91 Å². The van der Waals surface area contributed by atoms with Gasteiger partial charge in [-0.2, -0.15) is 0 Å². The molecule has 32 heavy (non-hydrogen) atoms. The van der Waals surface area contributed by atoms with Gasteiger partial charge in [0.05, 0.1) is 32.1 Å². The van der Waals surface area contributed by atoms with E-state index in [-0.39, 0.29) is 5.91 Å². The first kappa shape index (κ1) is 20.9.